The molecule has 6 rings (SSSR count). The van der Waals surface area contributed by atoms with Gasteiger partial charge in [-0.3, -0.25) is 19.3 Å². The molecule has 0 aliphatic carbocycles. The van der Waals surface area contributed by atoms with Crippen molar-refractivity contribution < 1.29 is 14.4 Å². The average molecular weight is 630 g/mol. The first kappa shape index (κ1) is 32.0. The fourth-order valence-electron chi connectivity index (χ4n) is 6.55. The molecule has 3 N–H and O–H groups in total. The molecule has 47 heavy (non-hydrogen) atoms. The Morgan fingerprint density at radius 3 is 1.83 bits per heavy atom. The van der Waals surface area contributed by atoms with Crippen LogP contribution >= 0.6 is 0 Å². The molecule has 8 heteroatoms. The molecule has 0 radical (unpaired) electrons. The highest BCUT2D eigenvalue weighted by molar-refractivity contribution is 5.98. The van der Waals surface area contributed by atoms with Gasteiger partial charge in [0.15, 0.2) is 0 Å². The topological polar surface area (TPSA) is 93.8 Å². The van der Waals surface area contributed by atoms with Crippen LogP contribution in [-0.2, 0) is 33.8 Å². The second kappa shape index (κ2) is 15.6. The summed E-state index contributed by atoms with van der Waals surface area (Å²) in [6.45, 7) is 3.06. The van der Waals surface area contributed by atoms with Crippen molar-refractivity contribution >= 4 is 34.8 Å². The molecule has 2 fully saturated rings. The van der Waals surface area contributed by atoms with E-state index in [1.165, 1.54) is 5.56 Å². The quantitative estimate of drug-likeness (QED) is 0.176. The molecule has 4 aromatic rings. The highest BCUT2D eigenvalue weighted by atomic mass is 16.2. The Hall–Kier alpha value is -4.95. The zero-order valence-corrected chi connectivity index (χ0v) is 26.7. The van der Waals surface area contributed by atoms with Gasteiger partial charge in [-0.2, -0.15) is 0 Å². The van der Waals surface area contributed by atoms with E-state index < -0.39 is 6.04 Å². The number of benzene rings is 4. The number of anilines is 3. The van der Waals surface area contributed by atoms with Crippen molar-refractivity contribution in [2.75, 3.05) is 35.6 Å². The normalized spacial score (nSPS) is 17.7. The third-order valence-electron chi connectivity index (χ3n) is 9.14. The fraction of sp³-hybridized carbons (Fsp3) is 0.308. The highest BCUT2D eigenvalue weighted by Gasteiger charge is 2.34. The smallest absolute Gasteiger partial charge is 0.247 e. The van der Waals surface area contributed by atoms with Crippen LogP contribution in [0.15, 0.2) is 109 Å². The maximum absolute atomic E-state index is 13.1. The van der Waals surface area contributed by atoms with Crippen LogP contribution in [0.25, 0.3) is 0 Å². The Labute approximate surface area is 277 Å². The van der Waals surface area contributed by atoms with E-state index in [1.807, 2.05) is 84.9 Å². The SMILES string of the molecule is O=C(Nc1ccc(NCc2ccc(NC(=O)C3CCCN3C(=O)Cc3ccccc3)cc2)cc1)C1CCCN1CCc1ccccc1. The van der Waals surface area contributed by atoms with Gasteiger partial charge in [-0.1, -0.05) is 72.8 Å². The summed E-state index contributed by atoms with van der Waals surface area (Å²) in [7, 11) is 0. The van der Waals surface area contributed by atoms with Gasteiger partial charge < -0.3 is 20.9 Å². The van der Waals surface area contributed by atoms with Gasteiger partial charge in [0.25, 0.3) is 0 Å². The molecular weight excluding hydrogens is 586 g/mol. The molecule has 0 aromatic heterocycles. The second-order valence-electron chi connectivity index (χ2n) is 12.4. The minimum atomic E-state index is -0.447. The van der Waals surface area contributed by atoms with Crippen LogP contribution in [0.1, 0.15) is 42.4 Å². The first-order chi connectivity index (χ1) is 23.0. The summed E-state index contributed by atoms with van der Waals surface area (Å²) in [4.78, 5) is 43.1. The molecule has 4 aromatic carbocycles. The number of carbonyl (C=O) groups excluding carboxylic acids is 3. The number of nitrogens with zero attached hydrogens (tertiary/aromatic N) is 2. The Morgan fingerprint density at radius 1 is 0.596 bits per heavy atom. The van der Waals surface area contributed by atoms with Crippen molar-refractivity contribution in [3.63, 3.8) is 0 Å². The van der Waals surface area contributed by atoms with E-state index in [9.17, 15) is 14.4 Å². The number of rotatable bonds is 12. The Bertz CT molecular complexity index is 1630. The summed E-state index contributed by atoms with van der Waals surface area (Å²) in [5.74, 6) is -0.0988. The van der Waals surface area contributed by atoms with Gasteiger partial charge in [-0.25, -0.2) is 0 Å². The van der Waals surface area contributed by atoms with Gasteiger partial charge in [-0.05, 0) is 91.7 Å². The highest BCUT2D eigenvalue weighted by Crippen LogP contribution is 2.23. The standard InChI is InChI=1S/C39H43N5O3/c45-37(27-30-11-5-2-6-12-30)44-25-8-14-36(44)39(47)42-33-17-15-31(16-18-33)28-40-32-19-21-34(22-20-32)41-38(46)35-13-7-24-43(35)26-23-29-9-3-1-4-10-29/h1-6,9-12,15-22,35-36,40H,7-8,13-14,23-28H2,(H,41,46)(H,42,47). The zero-order valence-electron chi connectivity index (χ0n) is 26.7. The molecule has 0 saturated carbocycles. The van der Waals surface area contributed by atoms with Gasteiger partial charge in [0.2, 0.25) is 17.7 Å². The maximum atomic E-state index is 13.1. The monoisotopic (exact) mass is 629 g/mol. The third kappa shape index (κ3) is 8.65. The molecule has 2 atom stereocenters. The lowest BCUT2D eigenvalue weighted by Crippen LogP contribution is -2.43. The van der Waals surface area contributed by atoms with Gasteiger partial charge in [0, 0.05) is 36.7 Å². The van der Waals surface area contributed by atoms with E-state index in [-0.39, 0.29) is 23.8 Å². The zero-order chi connectivity index (χ0) is 32.4. The predicted octanol–water partition coefficient (Wildman–Crippen LogP) is 6.12. The molecule has 2 unspecified atom stereocenters. The summed E-state index contributed by atoms with van der Waals surface area (Å²) in [5.41, 5.74) is 5.77. The Morgan fingerprint density at radius 2 is 1.15 bits per heavy atom. The van der Waals surface area contributed by atoms with E-state index >= 15 is 0 Å². The van der Waals surface area contributed by atoms with Crippen LogP contribution in [0.5, 0.6) is 0 Å². The molecule has 2 saturated heterocycles. The minimum absolute atomic E-state index is 0.0133. The van der Waals surface area contributed by atoms with Crippen LogP contribution in [-0.4, -0.2) is 59.2 Å². The molecular formula is C39H43N5O3. The number of likely N-dealkylation sites (tertiary alicyclic amines) is 2. The van der Waals surface area contributed by atoms with Crippen molar-refractivity contribution in [3.8, 4) is 0 Å². The first-order valence-corrected chi connectivity index (χ1v) is 16.7. The maximum Gasteiger partial charge on any atom is 0.247 e. The molecule has 0 spiro atoms. The van der Waals surface area contributed by atoms with Crippen molar-refractivity contribution in [2.24, 2.45) is 0 Å². The van der Waals surface area contributed by atoms with Crippen molar-refractivity contribution in [2.45, 2.75) is 57.2 Å². The van der Waals surface area contributed by atoms with Gasteiger partial charge in [-0.15, -0.1) is 0 Å². The van der Waals surface area contributed by atoms with E-state index in [4.69, 9.17) is 0 Å². The Kier molecular flexibility index (Phi) is 10.6. The second-order valence-corrected chi connectivity index (χ2v) is 12.4. The molecule has 2 heterocycles. The Balaban J connectivity index is 0.945. The lowest BCUT2D eigenvalue weighted by atomic mass is 10.1. The van der Waals surface area contributed by atoms with Gasteiger partial charge in [0.05, 0.1) is 12.5 Å². The van der Waals surface area contributed by atoms with E-state index in [2.05, 4.69) is 45.1 Å². The lowest BCUT2D eigenvalue weighted by Gasteiger charge is -2.24. The molecule has 2 aliphatic rings. The summed E-state index contributed by atoms with van der Waals surface area (Å²) in [6.07, 6.45) is 4.67. The van der Waals surface area contributed by atoms with Crippen LogP contribution in [0.3, 0.4) is 0 Å². The minimum Gasteiger partial charge on any atom is -0.381 e. The molecule has 242 valence electrons. The molecule has 3 amide bonds. The number of hydrogen-bond donors (Lipinski definition) is 3. The lowest BCUT2D eigenvalue weighted by molar-refractivity contribution is -0.136. The van der Waals surface area contributed by atoms with E-state index in [0.29, 0.717) is 31.6 Å². The number of hydrogen-bond acceptors (Lipinski definition) is 5. The van der Waals surface area contributed by atoms with Crippen LogP contribution < -0.4 is 16.0 Å². The van der Waals surface area contributed by atoms with Crippen LogP contribution in [0, 0.1) is 0 Å². The fourth-order valence-corrected chi connectivity index (χ4v) is 6.55. The first-order valence-electron chi connectivity index (χ1n) is 16.7. The largest absolute Gasteiger partial charge is 0.381 e. The average Bonchev–Trinajstić information content (AvgIpc) is 3.79. The van der Waals surface area contributed by atoms with Crippen LogP contribution in [0.4, 0.5) is 17.1 Å². The van der Waals surface area contributed by atoms with Crippen molar-refractivity contribution in [1.82, 2.24) is 9.80 Å². The predicted molar refractivity (Wildman–Crippen MR) is 187 cm³/mol. The summed E-state index contributed by atoms with van der Waals surface area (Å²) in [5, 5.41) is 9.54. The van der Waals surface area contributed by atoms with Gasteiger partial charge in [0.1, 0.15) is 6.04 Å². The number of nitrogens with one attached hydrogen (secondary N) is 3. The van der Waals surface area contributed by atoms with E-state index in [1.54, 1.807) is 4.90 Å². The number of carbonyl (C=O) groups is 3. The summed E-state index contributed by atoms with van der Waals surface area (Å²) < 4.78 is 0. The number of amides is 3. The van der Waals surface area contributed by atoms with Gasteiger partial charge >= 0.3 is 0 Å². The van der Waals surface area contributed by atoms with Crippen molar-refractivity contribution in [1.29, 1.82) is 0 Å². The molecule has 2 aliphatic heterocycles. The molecule has 0 bridgehead atoms. The van der Waals surface area contributed by atoms with Crippen molar-refractivity contribution in [3.05, 3.63) is 126 Å². The van der Waals surface area contributed by atoms with E-state index in [0.717, 1.165) is 61.3 Å². The van der Waals surface area contributed by atoms with Crippen LogP contribution in [0.2, 0.25) is 0 Å². The summed E-state index contributed by atoms with van der Waals surface area (Å²) >= 11 is 0. The summed E-state index contributed by atoms with van der Waals surface area (Å²) in [6, 6.07) is 35.1. The third-order valence-corrected chi connectivity index (χ3v) is 9.14. The molecule has 8 nitrogen and oxygen atoms in total.